The third-order valence-electron chi connectivity index (χ3n) is 2.29. The predicted molar refractivity (Wildman–Crippen MR) is 66.8 cm³/mol. The molecule has 0 amide bonds. The van der Waals surface area contributed by atoms with Gasteiger partial charge in [0.05, 0.1) is 0 Å². The molecule has 0 spiro atoms. The zero-order valence-electron chi connectivity index (χ0n) is 9.76. The number of hydrogen-bond donors (Lipinski definition) is 1. The average molecular weight is 229 g/mol. The van der Waals surface area contributed by atoms with Gasteiger partial charge in [-0.25, -0.2) is 9.97 Å². The number of ether oxygens (including phenoxy) is 1. The van der Waals surface area contributed by atoms with Gasteiger partial charge in [-0.15, -0.1) is 0 Å². The minimum atomic E-state index is 0.517. The van der Waals surface area contributed by atoms with Gasteiger partial charge in [0.1, 0.15) is 12.4 Å². The van der Waals surface area contributed by atoms with E-state index >= 15 is 0 Å². The van der Waals surface area contributed by atoms with Gasteiger partial charge in [-0.3, -0.25) is 0 Å². The molecule has 2 rings (SSSR count). The van der Waals surface area contributed by atoms with Gasteiger partial charge in [0.25, 0.3) is 0 Å². The molecule has 0 radical (unpaired) electrons. The number of aryl methyl sites for hydroxylation is 1. The summed E-state index contributed by atoms with van der Waals surface area (Å²) in [5, 5.41) is 0. The van der Waals surface area contributed by atoms with Crippen molar-refractivity contribution in [3.8, 4) is 17.1 Å². The van der Waals surface area contributed by atoms with Gasteiger partial charge in [-0.05, 0) is 37.3 Å². The van der Waals surface area contributed by atoms with E-state index in [2.05, 4.69) is 9.97 Å². The van der Waals surface area contributed by atoms with Crippen LogP contribution in [0, 0.1) is 6.92 Å². The Morgan fingerprint density at radius 2 is 1.94 bits per heavy atom. The summed E-state index contributed by atoms with van der Waals surface area (Å²) in [5.74, 6) is 1.54. The van der Waals surface area contributed by atoms with Crippen LogP contribution in [0.15, 0.2) is 36.5 Å². The number of hydrogen-bond acceptors (Lipinski definition) is 4. The first-order valence-corrected chi connectivity index (χ1v) is 5.52. The van der Waals surface area contributed by atoms with E-state index in [0.29, 0.717) is 13.2 Å². The molecule has 2 aromatic rings. The van der Waals surface area contributed by atoms with Crippen LogP contribution in [0.4, 0.5) is 0 Å². The van der Waals surface area contributed by atoms with Gasteiger partial charge in [-0.1, -0.05) is 0 Å². The van der Waals surface area contributed by atoms with Crippen LogP contribution in [-0.4, -0.2) is 23.1 Å². The first-order chi connectivity index (χ1) is 8.29. The molecule has 0 aliphatic carbocycles. The molecule has 4 heteroatoms. The Balaban J connectivity index is 2.17. The lowest BCUT2D eigenvalue weighted by molar-refractivity contribution is 0.328. The van der Waals surface area contributed by atoms with Gasteiger partial charge in [0.15, 0.2) is 5.82 Å². The molecule has 0 fully saturated rings. The standard InChI is InChI=1S/C13H15N3O/c1-10-6-8-15-13(16-10)11-2-4-12(5-3-11)17-9-7-14/h2-6,8H,7,9,14H2,1H3. The number of nitrogens with two attached hydrogens (primary N) is 1. The maximum Gasteiger partial charge on any atom is 0.159 e. The summed E-state index contributed by atoms with van der Waals surface area (Å²) in [4.78, 5) is 8.59. The van der Waals surface area contributed by atoms with Gasteiger partial charge in [-0.2, -0.15) is 0 Å². The van der Waals surface area contributed by atoms with Gasteiger partial charge in [0, 0.05) is 24.0 Å². The van der Waals surface area contributed by atoms with Crippen LogP contribution in [0.5, 0.6) is 5.75 Å². The lowest BCUT2D eigenvalue weighted by Crippen LogP contribution is -2.10. The van der Waals surface area contributed by atoms with Crippen LogP contribution >= 0.6 is 0 Å². The van der Waals surface area contributed by atoms with Gasteiger partial charge >= 0.3 is 0 Å². The molecular weight excluding hydrogens is 214 g/mol. The van der Waals surface area contributed by atoms with Crippen molar-refractivity contribution in [1.82, 2.24) is 9.97 Å². The number of nitrogens with zero attached hydrogens (tertiary/aromatic N) is 2. The first-order valence-electron chi connectivity index (χ1n) is 5.52. The van der Waals surface area contributed by atoms with E-state index in [9.17, 15) is 0 Å². The largest absolute Gasteiger partial charge is 0.492 e. The molecule has 0 aliphatic heterocycles. The predicted octanol–water partition coefficient (Wildman–Crippen LogP) is 1.79. The minimum absolute atomic E-state index is 0.517. The van der Waals surface area contributed by atoms with Crippen molar-refractivity contribution in [3.05, 3.63) is 42.2 Å². The molecule has 1 aromatic carbocycles. The lowest BCUT2D eigenvalue weighted by Gasteiger charge is -2.05. The lowest BCUT2D eigenvalue weighted by atomic mass is 10.2. The number of benzene rings is 1. The third-order valence-corrected chi connectivity index (χ3v) is 2.29. The highest BCUT2D eigenvalue weighted by Crippen LogP contribution is 2.19. The second kappa shape index (κ2) is 5.41. The molecule has 4 nitrogen and oxygen atoms in total. The van der Waals surface area contributed by atoms with Crippen molar-refractivity contribution in [2.75, 3.05) is 13.2 Å². The van der Waals surface area contributed by atoms with Crippen LogP contribution in [-0.2, 0) is 0 Å². The van der Waals surface area contributed by atoms with Crippen LogP contribution in [0.2, 0.25) is 0 Å². The highest BCUT2D eigenvalue weighted by atomic mass is 16.5. The van der Waals surface area contributed by atoms with Crippen LogP contribution in [0.3, 0.4) is 0 Å². The Morgan fingerprint density at radius 1 is 1.18 bits per heavy atom. The Bertz CT molecular complexity index is 482. The smallest absolute Gasteiger partial charge is 0.159 e. The Kier molecular flexibility index (Phi) is 3.67. The van der Waals surface area contributed by atoms with Crippen molar-refractivity contribution in [2.24, 2.45) is 5.73 Å². The normalized spacial score (nSPS) is 10.2. The molecule has 2 N–H and O–H groups in total. The number of rotatable bonds is 4. The second-order valence-electron chi connectivity index (χ2n) is 3.68. The van der Waals surface area contributed by atoms with E-state index in [1.165, 1.54) is 0 Å². The maximum absolute atomic E-state index is 5.40. The Labute approximate surface area is 100 Å². The monoisotopic (exact) mass is 229 g/mol. The van der Waals surface area contributed by atoms with Crippen molar-refractivity contribution in [3.63, 3.8) is 0 Å². The van der Waals surface area contributed by atoms with E-state index in [-0.39, 0.29) is 0 Å². The summed E-state index contributed by atoms with van der Waals surface area (Å²) in [6, 6.07) is 9.57. The van der Waals surface area contributed by atoms with Crippen LogP contribution in [0.25, 0.3) is 11.4 Å². The fourth-order valence-electron chi connectivity index (χ4n) is 1.47. The molecule has 0 saturated heterocycles. The molecule has 1 aromatic heterocycles. The molecular formula is C13H15N3O. The topological polar surface area (TPSA) is 61.0 Å². The zero-order chi connectivity index (χ0) is 12.1. The van der Waals surface area contributed by atoms with E-state index in [4.69, 9.17) is 10.5 Å². The Hall–Kier alpha value is -1.94. The summed E-state index contributed by atoms with van der Waals surface area (Å²) in [6.45, 7) is 2.99. The highest BCUT2D eigenvalue weighted by Gasteiger charge is 2.01. The molecule has 0 atom stereocenters. The van der Waals surface area contributed by atoms with E-state index < -0.39 is 0 Å². The van der Waals surface area contributed by atoms with Crippen molar-refractivity contribution in [2.45, 2.75) is 6.92 Å². The highest BCUT2D eigenvalue weighted by molar-refractivity contribution is 5.56. The fourth-order valence-corrected chi connectivity index (χ4v) is 1.47. The van der Waals surface area contributed by atoms with Crippen LogP contribution in [0.1, 0.15) is 5.69 Å². The third kappa shape index (κ3) is 3.01. The van der Waals surface area contributed by atoms with E-state index in [0.717, 1.165) is 22.8 Å². The van der Waals surface area contributed by atoms with Crippen molar-refractivity contribution >= 4 is 0 Å². The van der Waals surface area contributed by atoms with E-state index in [1.54, 1.807) is 6.20 Å². The average Bonchev–Trinajstić information content (AvgIpc) is 2.37. The summed E-state index contributed by atoms with van der Waals surface area (Å²) < 4.78 is 5.40. The molecule has 1 heterocycles. The molecule has 0 unspecified atom stereocenters. The summed E-state index contributed by atoms with van der Waals surface area (Å²) in [5.41, 5.74) is 7.31. The van der Waals surface area contributed by atoms with Gasteiger partial charge in [0.2, 0.25) is 0 Å². The zero-order valence-corrected chi connectivity index (χ0v) is 9.76. The molecule has 0 bridgehead atoms. The Morgan fingerprint density at radius 3 is 2.59 bits per heavy atom. The minimum Gasteiger partial charge on any atom is -0.492 e. The molecule has 0 aliphatic rings. The maximum atomic E-state index is 5.40. The van der Waals surface area contributed by atoms with Crippen molar-refractivity contribution in [1.29, 1.82) is 0 Å². The van der Waals surface area contributed by atoms with Crippen molar-refractivity contribution < 1.29 is 4.74 Å². The molecule has 88 valence electrons. The quantitative estimate of drug-likeness (QED) is 0.868. The fraction of sp³-hybridized carbons (Fsp3) is 0.231. The summed E-state index contributed by atoms with van der Waals surface area (Å²) in [6.07, 6.45) is 1.76. The second-order valence-corrected chi connectivity index (χ2v) is 3.68. The molecule has 17 heavy (non-hydrogen) atoms. The first kappa shape index (κ1) is 11.5. The summed E-state index contributed by atoms with van der Waals surface area (Å²) in [7, 11) is 0. The SMILES string of the molecule is Cc1ccnc(-c2ccc(OCCN)cc2)n1. The summed E-state index contributed by atoms with van der Waals surface area (Å²) >= 11 is 0. The number of aromatic nitrogens is 2. The molecule has 0 saturated carbocycles. The van der Waals surface area contributed by atoms with E-state index in [1.807, 2.05) is 37.3 Å². The van der Waals surface area contributed by atoms with Gasteiger partial charge < -0.3 is 10.5 Å². The van der Waals surface area contributed by atoms with Crippen LogP contribution < -0.4 is 10.5 Å².